The van der Waals surface area contributed by atoms with E-state index in [1.165, 1.54) is 18.9 Å². The molecule has 132 valence electrons. The van der Waals surface area contributed by atoms with E-state index in [0.717, 1.165) is 23.4 Å². The van der Waals surface area contributed by atoms with Gasteiger partial charge in [0.15, 0.2) is 5.16 Å². The lowest BCUT2D eigenvalue weighted by Crippen LogP contribution is -2.25. The van der Waals surface area contributed by atoms with Gasteiger partial charge >= 0.3 is 5.97 Å². The van der Waals surface area contributed by atoms with E-state index >= 15 is 0 Å². The lowest BCUT2D eigenvalue weighted by molar-refractivity contribution is -0.139. The maximum Gasteiger partial charge on any atom is 0.318 e. The topological polar surface area (TPSA) is 61.2 Å². The summed E-state index contributed by atoms with van der Waals surface area (Å²) in [5, 5.41) is 0.415. The van der Waals surface area contributed by atoms with Crippen LogP contribution in [0.15, 0.2) is 39.1 Å². The summed E-state index contributed by atoms with van der Waals surface area (Å²) >= 11 is 2.82. The van der Waals surface area contributed by atoms with Crippen LogP contribution >= 0.6 is 23.5 Å². The quantitative estimate of drug-likeness (QED) is 0.464. The van der Waals surface area contributed by atoms with Crippen LogP contribution in [0.5, 0.6) is 0 Å². The molecule has 3 rings (SSSR count). The van der Waals surface area contributed by atoms with Crippen LogP contribution in [0.3, 0.4) is 0 Å². The zero-order valence-corrected chi connectivity index (χ0v) is 16.2. The van der Waals surface area contributed by atoms with Crippen molar-refractivity contribution in [2.45, 2.75) is 47.7 Å². The van der Waals surface area contributed by atoms with Crippen LogP contribution in [-0.2, 0) is 16.0 Å². The molecule has 7 heteroatoms. The number of rotatable bonds is 4. The highest BCUT2D eigenvalue weighted by Crippen LogP contribution is 2.35. The van der Waals surface area contributed by atoms with Crippen molar-refractivity contribution in [3.05, 3.63) is 45.9 Å². The smallest absolute Gasteiger partial charge is 0.318 e. The lowest BCUT2D eigenvalue weighted by Gasteiger charge is -2.16. The van der Waals surface area contributed by atoms with Gasteiger partial charge in [-0.3, -0.25) is 14.2 Å². The Labute approximate surface area is 155 Å². The Morgan fingerprint density at radius 1 is 1.40 bits per heavy atom. The summed E-state index contributed by atoms with van der Waals surface area (Å²) in [5.41, 5.74) is 2.63. The molecule has 5 nitrogen and oxygen atoms in total. The van der Waals surface area contributed by atoms with Gasteiger partial charge in [-0.1, -0.05) is 36.4 Å². The molecule has 0 bridgehead atoms. The van der Waals surface area contributed by atoms with Gasteiger partial charge in [0.25, 0.3) is 5.56 Å². The number of fused-ring (bicyclic) bond motifs is 1. The van der Waals surface area contributed by atoms with Crippen LogP contribution in [0.25, 0.3) is 5.69 Å². The molecule has 1 aliphatic rings. The van der Waals surface area contributed by atoms with Gasteiger partial charge in [0.2, 0.25) is 0 Å². The first kappa shape index (κ1) is 18.1. The van der Waals surface area contributed by atoms with E-state index in [2.05, 4.69) is 6.92 Å². The maximum atomic E-state index is 13.1. The van der Waals surface area contributed by atoms with E-state index < -0.39 is 5.25 Å². The van der Waals surface area contributed by atoms with E-state index in [4.69, 9.17) is 9.72 Å². The number of aryl methyl sites for hydroxylation is 1. The van der Waals surface area contributed by atoms with Crippen LogP contribution in [0.2, 0.25) is 0 Å². The molecule has 25 heavy (non-hydrogen) atoms. The van der Waals surface area contributed by atoms with Crippen LogP contribution in [0.1, 0.15) is 25.1 Å². The number of aromatic nitrogens is 2. The molecule has 0 radical (unpaired) electrons. The lowest BCUT2D eigenvalue weighted by atomic mass is 10.2. The normalized spacial score (nSPS) is 17.2. The summed E-state index contributed by atoms with van der Waals surface area (Å²) in [7, 11) is 1.36. The highest BCUT2D eigenvalue weighted by Gasteiger charge is 2.28. The van der Waals surface area contributed by atoms with Crippen LogP contribution < -0.4 is 5.56 Å². The SMILES string of the molecule is COC(=O)C(C)Sc1nc2c(c(=O)n1-c1ccc(C)cc1)SC(C)C2. The number of thioether (sulfide) groups is 2. The van der Waals surface area contributed by atoms with Gasteiger partial charge in [-0.25, -0.2) is 4.98 Å². The number of carbonyl (C=O) groups is 1. The van der Waals surface area contributed by atoms with Crippen LogP contribution in [-0.4, -0.2) is 33.1 Å². The first-order valence-corrected chi connectivity index (χ1v) is 9.80. The standard InChI is InChI=1S/C18H20N2O3S2/c1-10-5-7-13(8-6-10)20-16(21)15-14(9-11(2)24-15)19-18(20)25-12(3)17(22)23-4/h5-8,11-12H,9H2,1-4H3. The predicted octanol–water partition coefficient (Wildman–Crippen LogP) is 3.23. The van der Waals surface area contributed by atoms with Crippen molar-refractivity contribution < 1.29 is 9.53 Å². The second-order valence-corrected chi connectivity index (χ2v) is 8.82. The van der Waals surface area contributed by atoms with E-state index in [1.807, 2.05) is 31.2 Å². The Morgan fingerprint density at radius 2 is 2.08 bits per heavy atom. The Hall–Kier alpha value is -1.73. The zero-order chi connectivity index (χ0) is 18.1. The Kier molecular flexibility index (Phi) is 5.24. The molecule has 0 saturated heterocycles. The minimum Gasteiger partial charge on any atom is -0.468 e. The number of carbonyl (C=O) groups excluding carboxylic acids is 1. The first-order chi connectivity index (χ1) is 11.9. The number of hydrogen-bond acceptors (Lipinski definition) is 6. The molecule has 0 N–H and O–H groups in total. The van der Waals surface area contributed by atoms with Gasteiger partial charge in [0.1, 0.15) is 5.25 Å². The van der Waals surface area contributed by atoms with Crippen molar-refractivity contribution in [2.75, 3.05) is 7.11 Å². The molecule has 0 aliphatic carbocycles. The molecule has 2 atom stereocenters. The summed E-state index contributed by atoms with van der Waals surface area (Å²) in [6, 6.07) is 7.73. The van der Waals surface area contributed by atoms with Gasteiger partial charge in [0.05, 0.1) is 23.4 Å². The fourth-order valence-electron chi connectivity index (χ4n) is 2.67. The third kappa shape index (κ3) is 3.62. The molecule has 1 aliphatic heterocycles. The number of hydrogen-bond donors (Lipinski definition) is 0. The number of benzene rings is 1. The maximum absolute atomic E-state index is 13.1. The van der Waals surface area contributed by atoms with E-state index in [9.17, 15) is 9.59 Å². The average molecular weight is 377 g/mol. The highest BCUT2D eigenvalue weighted by molar-refractivity contribution is 8.00. The molecular weight excluding hydrogens is 356 g/mol. The zero-order valence-electron chi connectivity index (χ0n) is 14.6. The molecule has 1 aromatic carbocycles. The summed E-state index contributed by atoms with van der Waals surface area (Å²) < 4.78 is 6.41. The second kappa shape index (κ2) is 7.25. The number of esters is 1. The van der Waals surface area contributed by atoms with E-state index in [1.54, 1.807) is 23.3 Å². The number of ether oxygens (including phenoxy) is 1. The summed E-state index contributed by atoms with van der Waals surface area (Å²) in [6.45, 7) is 5.85. The van der Waals surface area contributed by atoms with Crippen molar-refractivity contribution in [1.82, 2.24) is 9.55 Å². The van der Waals surface area contributed by atoms with Crippen LogP contribution in [0.4, 0.5) is 0 Å². The molecule has 0 spiro atoms. The Bertz CT molecular complexity index is 862. The third-order valence-electron chi connectivity index (χ3n) is 3.99. The van der Waals surface area contributed by atoms with Crippen molar-refractivity contribution in [3.63, 3.8) is 0 Å². The summed E-state index contributed by atoms with van der Waals surface area (Å²) in [6.07, 6.45) is 0.768. The fraction of sp³-hybridized carbons (Fsp3) is 0.389. The molecule has 0 fully saturated rings. The molecule has 0 amide bonds. The third-order valence-corrected chi connectivity index (χ3v) is 6.23. The first-order valence-electron chi connectivity index (χ1n) is 8.04. The summed E-state index contributed by atoms with van der Waals surface area (Å²) in [5.74, 6) is -0.335. The fourth-order valence-corrected chi connectivity index (χ4v) is 4.74. The highest BCUT2D eigenvalue weighted by atomic mass is 32.2. The van der Waals surface area contributed by atoms with Crippen molar-refractivity contribution >= 4 is 29.5 Å². The largest absolute Gasteiger partial charge is 0.468 e. The predicted molar refractivity (Wildman–Crippen MR) is 101 cm³/mol. The number of nitrogens with zero attached hydrogens (tertiary/aromatic N) is 2. The van der Waals surface area contributed by atoms with E-state index in [0.29, 0.717) is 15.3 Å². The molecule has 2 unspecified atom stereocenters. The average Bonchev–Trinajstić information content (AvgIpc) is 2.96. The van der Waals surface area contributed by atoms with Gasteiger partial charge in [-0.2, -0.15) is 0 Å². The van der Waals surface area contributed by atoms with E-state index in [-0.39, 0.29) is 11.5 Å². The minimum atomic E-state index is -0.446. The minimum absolute atomic E-state index is 0.0669. The summed E-state index contributed by atoms with van der Waals surface area (Å²) in [4.78, 5) is 30.4. The number of methoxy groups -OCH3 is 1. The molecule has 2 aromatic rings. The molecule has 1 aromatic heterocycles. The van der Waals surface area contributed by atoms with Crippen molar-refractivity contribution in [2.24, 2.45) is 0 Å². The van der Waals surface area contributed by atoms with Gasteiger partial charge in [0, 0.05) is 11.7 Å². The van der Waals surface area contributed by atoms with Gasteiger partial charge in [-0.05, 0) is 26.0 Å². The van der Waals surface area contributed by atoms with Crippen molar-refractivity contribution in [3.8, 4) is 5.69 Å². The monoisotopic (exact) mass is 376 g/mol. The van der Waals surface area contributed by atoms with Gasteiger partial charge in [-0.15, -0.1) is 11.8 Å². The molecule has 0 saturated carbocycles. The Balaban J connectivity index is 2.13. The van der Waals surface area contributed by atoms with Gasteiger partial charge < -0.3 is 4.74 Å². The molecule has 2 heterocycles. The van der Waals surface area contributed by atoms with Crippen molar-refractivity contribution in [1.29, 1.82) is 0 Å². The van der Waals surface area contributed by atoms with Crippen LogP contribution in [0, 0.1) is 6.92 Å². The Morgan fingerprint density at radius 3 is 2.72 bits per heavy atom. The second-order valence-electron chi connectivity index (χ2n) is 6.06. The molecular formula is C18H20N2O3S2.